The van der Waals surface area contributed by atoms with Crippen molar-refractivity contribution in [1.82, 2.24) is 10.2 Å². The van der Waals surface area contributed by atoms with E-state index in [0.717, 1.165) is 38.8 Å². The molecule has 0 aromatic heterocycles. The van der Waals surface area contributed by atoms with E-state index in [9.17, 15) is 13.2 Å². The van der Waals surface area contributed by atoms with Gasteiger partial charge >= 0.3 is 6.18 Å². The maximum absolute atomic E-state index is 12.5. The minimum atomic E-state index is -4.04. The lowest BCUT2D eigenvalue weighted by Crippen LogP contribution is -2.64. The molecule has 5 heteroatoms. The van der Waals surface area contributed by atoms with Crippen molar-refractivity contribution in [3.05, 3.63) is 0 Å². The van der Waals surface area contributed by atoms with Crippen molar-refractivity contribution in [2.75, 3.05) is 19.6 Å². The fraction of sp³-hybridized carbons (Fsp3) is 1.00. The molecule has 1 heterocycles. The van der Waals surface area contributed by atoms with Crippen LogP contribution in [0.15, 0.2) is 0 Å². The minimum Gasteiger partial charge on any atom is -0.311 e. The number of piperazine rings is 1. The fourth-order valence-corrected chi connectivity index (χ4v) is 3.49. The van der Waals surface area contributed by atoms with Gasteiger partial charge in [0.1, 0.15) is 0 Å². The van der Waals surface area contributed by atoms with Gasteiger partial charge < -0.3 is 5.32 Å². The van der Waals surface area contributed by atoms with E-state index in [1.807, 2.05) is 0 Å². The van der Waals surface area contributed by atoms with Crippen molar-refractivity contribution >= 4 is 0 Å². The number of alkyl halides is 3. The van der Waals surface area contributed by atoms with Crippen molar-refractivity contribution in [3.63, 3.8) is 0 Å². The molecule has 2 nitrogen and oxygen atoms in total. The molecule has 1 saturated heterocycles. The molecule has 1 aliphatic carbocycles. The molecule has 2 aliphatic rings. The number of rotatable bonds is 3. The van der Waals surface area contributed by atoms with Crippen molar-refractivity contribution in [2.24, 2.45) is 5.92 Å². The van der Waals surface area contributed by atoms with Crippen molar-refractivity contribution in [1.29, 1.82) is 0 Å². The molecule has 0 amide bonds. The van der Waals surface area contributed by atoms with Crippen LogP contribution >= 0.6 is 0 Å². The Kier molecular flexibility index (Phi) is 4.45. The summed E-state index contributed by atoms with van der Waals surface area (Å²) >= 11 is 0. The summed E-state index contributed by atoms with van der Waals surface area (Å²) in [6, 6.07) is 0.319. The van der Waals surface area contributed by atoms with E-state index in [2.05, 4.69) is 24.1 Å². The second kappa shape index (κ2) is 5.60. The van der Waals surface area contributed by atoms with Crippen LogP contribution in [0.5, 0.6) is 0 Å². The predicted octanol–water partition coefficient (Wildman–Crippen LogP) is 3.18. The Labute approximate surface area is 113 Å². The summed E-state index contributed by atoms with van der Waals surface area (Å²) in [4.78, 5) is 2.13. The summed E-state index contributed by atoms with van der Waals surface area (Å²) in [5.41, 5.74) is -0.00333. The maximum Gasteiger partial charge on any atom is 0.390 e. The van der Waals surface area contributed by atoms with Crippen LogP contribution in [0.2, 0.25) is 0 Å². The SMILES string of the molecule is CC(C)C1CN(CCC(F)(F)F)C2(CCCC2)CN1. The van der Waals surface area contributed by atoms with Gasteiger partial charge in [0.25, 0.3) is 0 Å². The third kappa shape index (κ3) is 3.63. The minimum absolute atomic E-state index is 0.00333. The lowest BCUT2D eigenvalue weighted by Gasteiger charge is -2.49. The number of hydrogen-bond donors (Lipinski definition) is 1. The smallest absolute Gasteiger partial charge is 0.311 e. The quantitative estimate of drug-likeness (QED) is 0.853. The molecule has 1 atom stereocenters. The number of nitrogens with one attached hydrogen (secondary N) is 1. The Balaban J connectivity index is 2.03. The predicted molar refractivity (Wildman–Crippen MR) is 70.1 cm³/mol. The molecule has 1 unspecified atom stereocenters. The molecular weight excluding hydrogens is 253 g/mol. The Bertz CT molecular complexity index is 296. The van der Waals surface area contributed by atoms with Crippen LogP contribution in [0.3, 0.4) is 0 Å². The van der Waals surface area contributed by atoms with Crippen molar-refractivity contribution < 1.29 is 13.2 Å². The average molecular weight is 278 g/mol. The topological polar surface area (TPSA) is 15.3 Å². The van der Waals surface area contributed by atoms with Gasteiger partial charge in [0.05, 0.1) is 6.42 Å². The molecule has 2 fully saturated rings. The lowest BCUT2D eigenvalue weighted by atomic mass is 9.88. The van der Waals surface area contributed by atoms with Crippen LogP contribution in [0.25, 0.3) is 0 Å². The summed E-state index contributed by atoms with van der Waals surface area (Å²) < 4.78 is 37.5. The standard InChI is InChI=1S/C14H25F3N2/c1-11(2)12-9-19(8-7-14(15,16)17)13(10-18-12)5-3-4-6-13/h11-12,18H,3-10H2,1-2H3. The van der Waals surface area contributed by atoms with Crippen LogP contribution in [0, 0.1) is 5.92 Å². The second-order valence-corrected chi connectivity index (χ2v) is 6.47. The molecule has 0 bridgehead atoms. The van der Waals surface area contributed by atoms with Crippen molar-refractivity contribution in [2.45, 2.75) is 63.7 Å². The first kappa shape index (κ1) is 15.1. The highest BCUT2D eigenvalue weighted by atomic mass is 19.4. The fourth-order valence-electron chi connectivity index (χ4n) is 3.49. The number of nitrogens with zero attached hydrogens (tertiary/aromatic N) is 1. The monoisotopic (exact) mass is 278 g/mol. The van der Waals surface area contributed by atoms with Crippen LogP contribution in [0.4, 0.5) is 13.2 Å². The van der Waals surface area contributed by atoms with E-state index in [-0.39, 0.29) is 12.1 Å². The van der Waals surface area contributed by atoms with Gasteiger partial charge in [-0.25, -0.2) is 0 Å². The zero-order chi connectivity index (χ0) is 14.1. The molecule has 112 valence electrons. The summed E-state index contributed by atoms with van der Waals surface area (Å²) in [7, 11) is 0. The first-order chi connectivity index (χ1) is 8.82. The molecular formula is C14H25F3N2. The average Bonchev–Trinajstić information content (AvgIpc) is 2.76. The van der Waals surface area contributed by atoms with Crippen LogP contribution < -0.4 is 5.32 Å². The van der Waals surface area contributed by atoms with Gasteiger partial charge in [0.15, 0.2) is 0 Å². The Morgan fingerprint density at radius 1 is 1.26 bits per heavy atom. The largest absolute Gasteiger partial charge is 0.390 e. The van der Waals surface area contributed by atoms with E-state index in [0.29, 0.717) is 12.0 Å². The molecule has 2 rings (SSSR count). The maximum atomic E-state index is 12.5. The summed E-state index contributed by atoms with van der Waals surface area (Å²) in [5.74, 6) is 0.465. The number of hydrogen-bond acceptors (Lipinski definition) is 2. The summed E-state index contributed by atoms with van der Waals surface area (Å²) in [6.07, 6.45) is -0.337. The van der Waals surface area contributed by atoms with Gasteiger partial charge in [-0.1, -0.05) is 26.7 Å². The molecule has 0 radical (unpaired) electrons. The molecule has 0 aromatic carbocycles. The third-order valence-corrected chi connectivity index (χ3v) is 4.79. The first-order valence-electron chi connectivity index (χ1n) is 7.38. The summed E-state index contributed by atoms with van der Waals surface area (Å²) in [5, 5.41) is 3.56. The molecule has 1 aliphatic heterocycles. The molecule has 0 aromatic rings. The highest BCUT2D eigenvalue weighted by Crippen LogP contribution is 2.38. The normalized spacial score (nSPS) is 28.4. The van der Waals surface area contributed by atoms with Gasteiger partial charge in [-0.15, -0.1) is 0 Å². The van der Waals surface area contributed by atoms with Gasteiger partial charge in [-0.2, -0.15) is 13.2 Å². The zero-order valence-corrected chi connectivity index (χ0v) is 11.9. The first-order valence-corrected chi connectivity index (χ1v) is 7.38. The molecule has 1 saturated carbocycles. The third-order valence-electron chi connectivity index (χ3n) is 4.79. The molecule has 19 heavy (non-hydrogen) atoms. The van der Waals surface area contributed by atoms with Gasteiger partial charge in [-0.3, -0.25) is 4.90 Å². The zero-order valence-electron chi connectivity index (χ0n) is 11.9. The van der Waals surface area contributed by atoms with Gasteiger partial charge in [0.2, 0.25) is 0 Å². The van der Waals surface area contributed by atoms with E-state index < -0.39 is 12.6 Å². The molecule has 1 spiro atoms. The van der Waals surface area contributed by atoms with Gasteiger partial charge in [-0.05, 0) is 18.8 Å². The molecule has 1 N–H and O–H groups in total. The van der Waals surface area contributed by atoms with E-state index in [1.54, 1.807) is 0 Å². The Morgan fingerprint density at radius 3 is 2.42 bits per heavy atom. The van der Waals surface area contributed by atoms with E-state index in [1.165, 1.54) is 0 Å². The Morgan fingerprint density at radius 2 is 1.89 bits per heavy atom. The highest BCUT2D eigenvalue weighted by molar-refractivity contribution is 5.02. The van der Waals surface area contributed by atoms with Crippen LogP contribution in [-0.2, 0) is 0 Å². The lowest BCUT2D eigenvalue weighted by molar-refractivity contribution is -0.143. The Hall–Kier alpha value is -0.290. The van der Waals surface area contributed by atoms with Gasteiger partial charge in [0, 0.05) is 31.2 Å². The van der Waals surface area contributed by atoms with Crippen LogP contribution in [0.1, 0.15) is 46.0 Å². The highest BCUT2D eigenvalue weighted by Gasteiger charge is 2.44. The van der Waals surface area contributed by atoms with E-state index >= 15 is 0 Å². The number of halogens is 3. The second-order valence-electron chi connectivity index (χ2n) is 6.47. The van der Waals surface area contributed by atoms with Crippen LogP contribution in [-0.4, -0.2) is 42.3 Å². The van der Waals surface area contributed by atoms with Crippen molar-refractivity contribution in [3.8, 4) is 0 Å². The van der Waals surface area contributed by atoms with E-state index in [4.69, 9.17) is 0 Å². The summed E-state index contributed by atoms with van der Waals surface area (Å²) in [6.45, 7) is 6.04.